The van der Waals surface area contributed by atoms with Crippen LogP contribution in [0.25, 0.3) is 0 Å². The van der Waals surface area contributed by atoms with Crippen molar-refractivity contribution in [2.45, 2.75) is 19.0 Å². The summed E-state index contributed by atoms with van der Waals surface area (Å²) in [5.74, 6) is 1.82. The second kappa shape index (κ2) is 4.11. The molecule has 0 radical (unpaired) electrons. The number of rotatable bonds is 1. The fourth-order valence-electron chi connectivity index (χ4n) is 1.01. The van der Waals surface area contributed by atoms with E-state index in [4.69, 9.17) is 18.0 Å². The van der Waals surface area contributed by atoms with Crippen LogP contribution in [-0.4, -0.2) is 4.98 Å². The topological polar surface area (TPSA) is 12.9 Å². The van der Waals surface area contributed by atoms with E-state index in [9.17, 15) is 13.2 Å². The Bertz CT molecular complexity index is 406. The van der Waals surface area contributed by atoms with Crippen molar-refractivity contribution in [2.75, 3.05) is 0 Å². The Labute approximate surface area is 90.3 Å². The molecule has 1 heterocycles. The molecule has 5 heteroatoms. The van der Waals surface area contributed by atoms with Gasteiger partial charge in [-0.05, 0) is 13.0 Å². The molecule has 1 nitrogen and oxygen atoms in total. The van der Waals surface area contributed by atoms with Crippen molar-refractivity contribution in [1.82, 2.24) is 4.98 Å². The molecule has 80 valence electrons. The summed E-state index contributed by atoms with van der Waals surface area (Å²) in [4.78, 5) is 3.46. The zero-order valence-corrected chi connectivity index (χ0v) is 8.52. The molecule has 0 spiro atoms. The van der Waals surface area contributed by atoms with Crippen LogP contribution in [0.3, 0.4) is 0 Å². The third-order valence-corrected chi connectivity index (χ3v) is 2.23. The van der Waals surface area contributed by atoms with Crippen molar-refractivity contribution in [3.05, 3.63) is 28.5 Å². The highest BCUT2D eigenvalue weighted by Gasteiger charge is 2.31. The molecule has 1 aromatic heterocycles. The van der Waals surface area contributed by atoms with Gasteiger partial charge >= 0.3 is 6.18 Å². The molecule has 1 aromatic rings. The Kier molecular flexibility index (Phi) is 3.25. The number of alkyl halides is 3. The summed E-state index contributed by atoms with van der Waals surface area (Å²) in [6.07, 6.45) is 1.37. The predicted molar refractivity (Wildman–Crippen MR) is 51.5 cm³/mol. The lowest BCUT2D eigenvalue weighted by Crippen LogP contribution is -2.07. The molecule has 1 rings (SSSR count). The molecule has 0 saturated carbocycles. The minimum atomic E-state index is -4.43. The first kappa shape index (κ1) is 11.9. The fourth-order valence-corrected chi connectivity index (χ4v) is 1.28. The minimum Gasteiger partial charge on any atom is -0.244 e. The SMILES string of the molecule is C#CC(C)c1cc(C(F)(F)F)cnc1Cl. The summed E-state index contributed by atoms with van der Waals surface area (Å²) in [6, 6.07) is 0.930. The Morgan fingerprint density at radius 2 is 2.13 bits per heavy atom. The second-order valence-electron chi connectivity index (χ2n) is 2.99. The van der Waals surface area contributed by atoms with E-state index < -0.39 is 17.7 Å². The first-order valence-electron chi connectivity index (χ1n) is 4.05. The molecule has 1 atom stereocenters. The molecular weight excluding hydrogens is 227 g/mol. The van der Waals surface area contributed by atoms with Gasteiger partial charge in [0.15, 0.2) is 0 Å². The van der Waals surface area contributed by atoms with E-state index >= 15 is 0 Å². The van der Waals surface area contributed by atoms with Gasteiger partial charge in [-0.1, -0.05) is 17.5 Å². The smallest absolute Gasteiger partial charge is 0.244 e. The number of nitrogens with zero attached hydrogens (tertiary/aromatic N) is 1. The highest BCUT2D eigenvalue weighted by molar-refractivity contribution is 6.30. The van der Waals surface area contributed by atoms with E-state index in [1.54, 1.807) is 6.92 Å². The lowest BCUT2D eigenvalue weighted by Gasteiger charge is -2.11. The van der Waals surface area contributed by atoms with Gasteiger partial charge in [0.1, 0.15) is 5.15 Å². The first-order chi connectivity index (χ1) is 6.86. The molecule has 0 bridgehead atoms. The van der Waals surface area contributed by atoms with Gasteiger partial charge in [-0.15, -0.1) is 6.42 Å². The van der Waals surface area contributed by atoms with Crippen molar-refractivity contribution < 1.29 is 13.2 Å². The van der Waals surface area contributed by atoms with Crippen molar-refractivity contribution in [1.29, 1.82) is 0 Å². The molecule has 0 aliphatic heterocycles. The molecule has 1 unspecified atom stereocenters. The van der Waals surface area contributed by atoms with Gasteiger partial charge in [0, 0.05) is 17.7 Å². The first-order valence-corrected chi connectivity index (χ1v) is 4.43. The third-order valence-electron chi connectivity index (χ3n) is 1.91. The zero-order valence-electron chi connectivity index (χ0n) is 7.77. The Balaban J connectivity index is 3.24. The monoisotopic (exact) mass is 233 g/mol. The summed E-state index contributed by atoms with van der Waals surface area (Å²) in [5, 5.41) is 0.00782. The number of halogens is 4. The maximum Gasteiger partial charge on any atom is 0.417 e. The normalized spacial score (nSPS) is 13.3. The molecule has 0 aliphatic carbocycles. The number of hydrogen-bond acceptors (Lipinski definition) is 1. The fraction of sp³-hybridized carbons (Fsp3) is 0.300. The summed E-state index contributed by atoms with van der Waals surface area (Å²) in [5.41, 5.74) is -0.627. The minimum absolute atomic E-state index is 0.00782. The van der Waals surface area contributed by atoms with Gasteiger partial charge in [-0.25, -0.2) is 4.98 Å². The van der Waals surface area contributed by atoms with E-state index in [2.05, 4.69) is 10.9 Å². The highest BCUT2D eigenvalue weighted by atomic mass is 35.5. The average molecular weight is 234 g/mol. The molecular formula is C10H7ClF3N. The van der Waals surface area contributed by atoms with Crippen LogP contribution in [0.5, 0.6) is 0 Å². The predicted octanol–water partition coefficient (Wildman–Crippen LogP) is 3.49. The van der Waals surface area contributed by atoms with E-state index in [1.807, 2.05) is 0 Å². The number of pyridine rings is 1. The van der Waals surface area contributed by atoms with E-state index in [0.717, 1.165) is 6.07 Å². The standard InChI is InChI=1S/C10H7ClF3N/c1-3-6(2)8-4-7(10(12,13)14)5-15-9(8)11/h1,4-6H,2H3. The summed E-state index contributed by atoms with van der Waals surface area (Å²) in [6.45, 7) is 1.59. The average Bonchev–Trinajstić information content (AvgIpc) is 2.15. The van der Waals surface area contributed by atoms with Crippen molar-refractivity contribution >= 4 is 11.6 Å². The maximum absolute atomic E-state index is 12.3. The maximum atomic E-state index is 12.3. The molecule has 0 fully saturated rings. The largest absolute Gasteiger partial charge is 0.417 e. The third kappa shape index (κ3) is 2.63. The molecule has 0 aliphatic rings. The van der Waals surface area contributed by atoms with Crippen LogP contribution in [0.2, 0.25) is 5.15 Å². The van der Waals surface area contributed by atoms with Gasteiger partial charge in [0.2, 0.25) is 0 Å². The molecule has 0 amide bonds. The summed E-state index contributed by atoms with van der Waals surface area (Å²) in [7, 11) is 0. The Morgan fingerprint density at radius 3 is 2.60 bits per heavy atom. The number of hydrogen-bond donors (Lipinski definition) is 0. The Hall–Kier alpha value is -1.21. The second-order valence-corrected chi connectivity index (χ2v) is 3.35. The van der Waals surface area contributed by atoms with E-state index in [0.29, 0.717) is 6.20 Å². The quantitative estimate of drug-likeness (QED) is 0.535. The van der Waals surface area contributed by atoms with Crippen molar-refractivity contribution in [2.24, 2.45) is 0 Å². The van der Waals surface area contributed by atoms with Crippen molar-refractivity contribution in [3.8, 4) is 12.3 Å². The van der Waals surface area contributed by atoms with Crippen molar-refractivity contribution in [3.63, 3.8) is 0 Å². The van der Waals surface area contributed by atoms with Crippen LogP contribution in [0.1, 0.15) is 24.0 Å². The molecule has 0 saturated heterocycles. The van der Waals surface area contributed by atoms with Crippen LogP contribution in [0.4, 0.5) is 13.2 Å². The van der Waals surface area contributed by atoms with Crippen LogP contribution in [0, 0.1) is 12.3 Å². The van der Waals surface area contributed by atoms with Gasteiger partial charge in [-0.3, -0.25) is 0 Å². The van der Waals surface area contributed by atoms with Gasteiger partial charge in [0.05, 0.1) is 5.56 Å². The Morgan fingerprint density at radius 1 is 1.53 bits per heavy atom. The van der Waals surface area contributed by atoms with Gasteiger partial charge < -0.3 is 0 Å². The number of terminal acetylenes is 1. The van der Waals surface area contributed by atoms with Gasteiger partial charge in [-0.2, -0.15) is 13.2 Å². The van der Waals surface area contributed by atoms with E-state index in [1.165, 1.54) is 0 Å². The van der Waals surface area contributed by atoms with Crippen LogP contribution in [-0.2, 0) is 6.18 Å². The molecule has 0 aromatic carbocycles. The van der Waals surface area contributed by atoms with Crippen LogP contribution < -0.4 is 0 Å². The number of aromatic nitrogens is 1. The lowest BCUT2D eigenvalue weighted by molar-refractivity contribution is -0.137. The molecule has 15 heavy (non-hydrogen) atoms. The summed E-state index contributed by atoms with van der Waals surface area (Å²) < 4.78 is 37.0. The van der Waals surface area contributed by atoms with E-state index in [-0.39, 0.29) is 10.7 Å². The molecule has 0 N–H and O–H groups in total. The van der Waals surface area contributed by atoms with Crippen LogP contribution >= 0.6 is 11.6 Å². The van der Waals surface area contributed by atoms with Crippen LogP contribution in [0.15, 0.2) is 12.3 Å². The zero-order chi connectivity index (χ0) is 11.6. The highest BCUT2D eigenvalue weighted by Crippen LogP contribution is 2.32. The lowest BCUT2D eigenvalue weighted by atomic mass is 10.0. The summed E-state index contributed by atoms with van der Waals surface area (Å²) >= 11 is 5.65. The van der Waals surface area contributed by atoms with Gasteiger partial charge in [0.25, 0.3) is 0 Å².